The molecule has 7 nitrogen and oxygen atoms in total. The van der Waals surface area contributed by atoms with Gasteiger partial charge in [0.25, 0.3) is 5.76 Å². The molecule has 0 saturated carbocycles. The predicted octanol–water partition coefficient (Wildman–Crippen LogP) is 4.62. The number of carbonyl (C=O) groups is 2. The number of amidine groups is 1. The lowest BCUT2D eigenvalue weighted by Crippen LogP contribution is -2.35. The number of rotatable bonds is 10. The topological polar surface area (TPSA) is 80.2 Å². The zero-order chi connectivity index (χ0) is 23.8. The van der Waals surface area contributed by atoms with E-state index >= 15 is 0 Å². The number of thioether (sulfide) groups is 2. The van der Waals surface area contributed by atoms with Gasteiger partial charge >= 0.3 is 0 Å². The molecule has 11 heteroatoms. The minimum atomic E-state index is -2.50. The SMILES string of the molecule is COCCN1C(=O)C(CC(=O)Nc2ccccc2OC)SC1=Nc1ccc(SC(F)F)cc1. The molecule has 1 N–H and O–H groups in total. The normalized spacial score (nSPS) is 17.1. The van der Waals surface area contributed by atoms with E-state index in [1.54, 1.807) is 48.5 Å². The van der Waals surface area contributed by atoms with E-state index in [1.165, 1.54) is 30.9 Å². The minimum absolute atomic E-state index is 0.0476. The van der Waals surface area contributed by atoms with Crippen LogP contribution in [-0.4, -0.2) is 60.3 Å². The van der Waals surface area contributed by atoms with Crippen molar-refractivity contribution in [2.75, 3.05) is 32.7 Å². The highest BCUT2D eigenvalue weighted by molar-refractivity contribution is 8.15. The molecule has 0 aliphatic carbocycles. The fourth-order valence-electron chi connectivity index (χ4n) is 3.04. The Morgan fingerprint density at radius 3 is 2.61 bits per heavy atom. The molecule has 1 fully saturated rings. The van der Waals surface area contributed by atoms with Gasteiger partial charge in [-0.1, -0.05) is 35.7 Å². The van der Waals surface area contributed by atoms with Gasteiger partial charge in [-0.3, -0.25) is 14.5 Å². The lowest BCUT2D eigenvalue weighted by Gasteiger charge is -2.16. The first-order valence-electron chi connectivity index (χ1n) is 9.94. The maximum absolute atomic E-state index is 13.0. The Bertz CT molecular complexity index is 1010. The summed E-state index contributed by atoms with van der Waals surface area (Å²) in [5.74, 6) is -2.55. The number of aliphatic imine (C=N–C) groups is 1. The first-order valence-corrected chi connectivity index (χ1v) is 11.7. The number of nitrogens with one attached hydrogen (secondary N) is 1. The summed E-state index contributed by atoms with van der Waals surface area (Å²) in [6.07, 6.45) is -0.0476. The first kappa shape index (κ1) is 25.0. The molecule has 2 aromatic rings. The van der Waals surface area contributed by atoms with Gasteiger partial charge in [-0.15, -0.1) is 0 Å². The van der Waals surface area contributed by atoms with Crippen molar-refractivity contribution < 1.29 is 27.8 Å². The molecular weight excluding hydrogens is 472 g/mol. The van der Waals surface area contributed by atoms with Crippen molar-refractivity contribution >= 4 is 51.9 Å². The van der Waals surface area contributed by atoms with Crippen LogP contribution in [0.3, 0.4) is 0 Å². The van der Waals surface area contributed by atoms with Crippen molar-refractivity contribution in [2.45, 2.75) is 22.3 Å². The molecule has 1 saturated heterocycles. The summed E-state index contributed by atoms with van der Waals surface area (Å²) in [6.45, 7) is 0.584. The quantitative estimate of drug-likeness (QED) is 0.485. The fourth-order valence-corrected chi connectivity index (χ4v) is 4.73. The average Bonchev–Trinajstić information content (AvgIpc) is 3.07. The summed E-state index contributed by atoms with van der Waals surface area (Å²) in [7, 11) is 3.04. The summed E-state index contributed by atoms with van der Waals surface area (Å²) in [5.41, 5.74) is 1.04. The van der Waals surface area contributed by atoms with Crippen LogP contribution >= 0.6 is 23.5 Å². The van der Waals surface area contributed by atoms with Gasteiger partial charge in [0.05, 0.1) is 31.6 Å². The van der Waals surface area contributed by atoms with E-state index in [4.69, 9.17) is 9.47 Å². The number of carbonyl (C=O) groups excluding carboxylic acids is 2. The van der Waals surface area contributed by atoms with Gasteiger partial charge in [-0.25, -0.2) is 4.99 Å². The standard InChI is InChI=1S/C22H23F2N3O4S2/c1-30-12-11-27-20(29)18(13-19(28)26-16-5-3-4-6-17(16)31-2)33-22(27)25-14-7-9-15(10-8-14)32-21(23)24/h3-10,18,21H,11-13H2,1-2H3,(H,26,28). The summed E-state index contributed by atoms with van der Waals surface area (Å²) in [6, 6.07) is 13.3. The molecule has 0 aromatic heterocycles. The van der Waals surface area contributed by atoms with Crippen LogP contribution in [0.25, 0.3) is 0 Å². The van der Waals surface area contributed by atoms with Crippen molar-refractivity contribution in [3.05, 3.63) is 48.5 Å². The van der Waals surface area contributed by atoms with Crippen molar-refractivity contribution in [3.63, 3.8) is 0 Å². The monoisotopic (exact) mass is 495 g/mol. The Morgan fingerprint density at radius 2 is 1.94 bits per heavy atom. The summed E-state index contributed by atoms with van der Waals surface area (Å²) in [5, 5.41) is 2.56. The third-order valence-electron chi connectivity index (χ3n) is 4.58. The Labute approximate surface area is 198 Å². The number of amides is 2. The molecule has 1 atom stereocenters. The molecule has 1 unspecified atom stereocenters. The second kappa shape index (κ2) is 12.0. The Hall–Kier alpha value is -2.63. The van der Waals surface area contributed by atoms with Gasteiger partial charge in [-0.2, -0.15) is 8.78 Å². The number of halogens is 2. The number of hydrogen-bond acceptors (Lipinski definition) is 7. The largest absolute Gasteiger partial charge is 0.495 e. The van der Waals surface area contributed by atoms with Gasteiger partial charge in [0.2, 0.25) is 11.8 Å². The second-order valence-corrected chi connectivity index (χ2v) is 9.04. The molecule has 0 radical (unpaired) electrons. The van der Waals surface area contributed by atoms with Crippen LogP contribution in [0.15, 0.2) is 58.4 Å². The number of nitrogens with zero attached hydrogens (tertiary/aromatic N) is 2. The summed E-state index contributed by atoms with van der Waals surface area (Å²) in [4.78, 5) is 32.0. The van der Waals surface area contributed by atoms with Crippen LogP contribution in [-0.2, 0) is 14.3 Å². The van der Waals surface area contributed by atoms with Gasteiger partial charge in [-0.05, 0) is 36.4 Å². The van der Waals surface area contributed by atoms with E-state index in [0.29, 0.717) is 45.6 Å². The number of para-hydroxylation sites is 2. The minimum Gasteiger partial charge on any atom is -0.495 e. The molecule has 0 bridgehead atoms. The lowest BCUT2D eigenvalue weighted by molar-refractivity contribution is -0.128. The van der Waals surface area contributed by atoms with Crippen molar-refractivity contribution in [2.24, 2.45) is 4.99 Å². The van der Waals surface area contributed by atoms with E-state index < -0.39 is 11.0 Å². The smallest absolute Gasteiger partial charge is 0.288 e. The van der Waals surface area contributed by atoms with Crippen molar-refractivity contribution in [3.8, 4) is 5.75 Å². The number of anilines is 1. The Kier molecular flexibility index (Phi) is 9.10. The number of ether oxygens (including phenoxy) is 2. The van der Waals surface area contributed by atoms with Crippen LogP contribution in [0.2, 0.25) is 0 Å². The third-order valence-corrected chi connectivity index (χ3v) is 6.48. The van der Waals surface area contributed by atoms with Crippen LogP contribution in [0.5, 0.6) is 5.75 Å². The first-order chi connectivity index (χ1) is 15.9. The van der Waals surface area contributed by atoms with Crippen molar-refractivity contribution in [1.82, 2.24) is 4.90 Å². The van der Waals surface area contributed by atoms with Gasteiger partial charge in [0.15, 0.2) is 5.17 Å². The van der Waals surface area contributed by atoms with E-state index in [-0.39, 0.29) is 24.8 Å². The van der Waals surface area contributed by atoms with Gasteiger partial charge in [0, 0.05) is 18.4 Å². The second-order valence-electron chi connectivity index (χ2n) is 6.81. The van der Waals surface area contributed by atoms with E-state index in [1.807, 2.05) is 0 Å². The van der Waals surface area contributed by atoms with Crippen LogP contribution in [0.1, 0.15) is 6.42 Å². The molecule has 3 rings (SSSR count). The maximum atomic E-state index is 13.0. The molecule has 1 aliphatic heterocycles. The third kappa shape index (κ3) is 6.92. The highest BCUT2D eigenvalue weighted by Crippen LogP contribution is 2.33. The molecule has 176 valence electrons. The maximum Gasteiger partial charge on any atom is 0.288 e. The van der Waals surface area contributed by atoms with E-state index in [0.717, 1.165) is 0 Å². The highest BCUT2D eigenvalue weighted by Gasteiger charge is 2.39. The predicted molar refractivity (Wildman–Crippen MR) is 127 cm³/mol. The van der Waals surface area contributed by atoms with Crippen LogP contribution < -0.4 is 10.1 Å². The molecule has 2 aromatic carbocycles. The highest BCUT2D eigenvalue weighted by atomic mass is 32.2. The Balaban J connectivity index is 1.73. The van der Waals surface area contributed by atoms with Crippen LogP contribution in [0.4, 0.5) is 20.2 Å². The van der Waals surface area contributed by atoms with Gasteiger partial charge in [0.1, 0.15) is 11.0 Å². The van der Waals surface area contributed by atoms with Crippen LogP contribution in [0, 0.1) is 0 Å². The molecule has 33 heavy (non-hydrogen) atoms. The Morgan fingerprint density at radius 1 is 1.21 bits per heavy atom. The summed E-state index contributed by atoms with van der Waals surface area (Å²) < 4.78 is 35.4. The zero-order valence-electron chi connectivity index (χ0n) is 18.0. The molecule has 1 heterocycles. The average molecular weight is 496 g/mol. The zero-order valence-corrected chi connectivity index (χ0v) is 19.6. The number of benzene rings is 2. The number of alkyl halides is 2. The summed E-state index contributed by atoms with van der Waals surface area (Å²) >= 11 is 1.64. The fraction of sp³-hybridized carbons (Fsp3) is 0.318. The number of methoxy groups -OCH3 is 2. The molecular formula is C22H23F2N3O4S2. The van der Waals surface area contributed by atoms with Gasteiger partial charge < -0.3 is 14.8 Å². The van der Waals surface area contributed by atoms with Crippen molar-refractivity contribution in [1.29, 1.82) is 0 Å². The molecule has 2 amide bonds. The van der Waals surface area contributed by atoms with E-state index in [2.05, 4.69) is 10.3 Å². The molecule has 1 aliphatic rings. The molecule has 0 spiro atoms. The number of hydrogen-bond donors (Lipinski definition) is 1. The van der Waals surface area contributed by atoms with E-state index in [9.17, 15) is 18.4 Å². The lowest BCUT2D eigenvalue weighted by atomic mass is 10.2.